The first-order valence-corrected chi connectivity index (χ1v) is 23.1. The molecule has 1 aromatic heterocycles. The number of anilines is 2. The molecule has 2 N–H and O–H groups in total. The van der Waals surface area contributed by atoms with E-state index in [1.807, 2.05) is 18.2 Å². The lowest BCUT2D eigenvalue weighted by Gasteiger charge is -2.39. The number of allylic oxidation sites excluding steroid dienone is 1. The normalized spacial score (nSPS) is 17.6. The molecule has 2 aliphatic heterocycles. The minimum Gasteiger partial charge on any atom is -0.456 e. The van der Waals surface area contributed by atoms with Crippen LogP contribution in [0.1, 0.15) is 61.9 Å². The van der Waals surface area contributed by atoms with Gasteiger partial charge in [0.25, 0.3) is 21.6 Å². The fourth-order valence-corrected chi connectivity index (χ4v) is 10.2. The molecule has 2 fully saturated rings. The van der Waals surface area contributed by atoms with Crippen molar-refractivity contribution in [2.24, 2.45) is 5.41 Å². The highest BCUT2D eigenvalue weighted by atomic mass is 35.5. The molecular weight excluding hydrogens is 852 g/mol. The number of sulfonamides is 1. The molecule has 0 bridgehead atoms. The Morgan fingerprint density at radius 1 is 1.00 bits per heavy atom. The van der Waals surface area contributed by atoms with E-state index in [2.05, 4.69) is 45.5 Å². The summed E-state index contributed by atoms with van der Waals surface area (Å²) in [5.41, 5.74) is 5.67. The van der Waals surface area contributed by atoms with Gasteiger partial charge in [-0.05, 0) is 97.2 Å². The number of benzene rings is 4. The van der Waals surface area contributed by atoms with E-state index >= 15 is 0 Å². The van der Waals surface area contributed by atoms with Crippen molar-refractivity contribution in [3.63, 3.8) is 0 Å². The molecule has 16 heteroatoms. The lowest BCUT2D eigenvalue weighted by Crippen LogP contribution is -2.47. The van der Waals surface area contributed by atoms with E-state index in [1.165, 1.54) is 28.8 Å². The molecule has 1 amide bonds. The zero-order chi connectivity index (χ0) is 43.8. The number of carbonyl (C=O) groups excluding carboxylic acids is 1. The van der Waals surface area contributed by atoms with Crippen LogP contribution in [0.5, 0.6) is 11.5 Å². The van der Waals surface area contributed by atoms with E-state index in [0.29, 0.717) is 55.3 Å². The largest absolute Gasteiger partial charge is 0.456 e. The van der Waals surface area contributed by atoms with Gasteiger partial charge in [0.15, 0.2) is 0 Å². The summed E-state index contributed by atoms with van der Waals surface area (Å²) in [4.78, 5) is 34.9. The second kappa shape index (κ2) is 17.9. The fraction of sp³-hybridized carbons (Fsp3) is 0.370. The second-order valence-corrected chi connectivity index (χ2v) is 19.6. The Bertz CT molecular complexity index is 2640. The van der Waals surface area contributed by atoms with Crippen molar-refractivity contribution < 1.29 is 27.6 Å². The summed E-state index contributed by atoms with van der Waals surface area (Å²) in [6.45, 7) is 9.65. The van der Waals surface area contributed by atoms with Crippen LogP contribution in [0.25, 0.3) is 16.5 Å². The van der Waals surface area contributed by atoms with Crippen molar-refractivity contribution in [2.75, 3.05) is 62.8 Å². The van der Waals surface area contributed by atoms with Gasteiger partial charge in [0.2, 0.25) is 0 Å². The molecule has 3 aliphatic rings. The number of aromatic amines is 1. The highest BCUT2D eigenvalue weighted by molar-refractivity contribution is 7.90. The van der Waals surface area contributed by atoms with Gasteiger partial charge < -0.3 is 24.3 Å². The summed E-state index contributed by atoms with van der Waals surface area (Å²) in [7, 11) is -2.84. The van der Waals surface area contributed by atoms with Crippen molar-refractivity contribution in [2.45, 2.75) is 56.9 Å². The van der Waals surface area contributed by atoms with Gasteiger partial charge >= 0.3 is 0 Å². The number of nitro groups is 1. The first-order valence-electron chi connectivity index (χ1n) is 20.8. The molecule has 62 heavy (non-hydrogen) atoms. The Labute approximate surface area is 371 Å². The van der Waals surface area contributed by atoms with Crippen molar-refractivity contribution in [1.29, 1.82) is 0 Å². The molecular formula is C46H50Cl2N6O7S. The van der Waals surface area contributed by atoms with Crippen molar-refractivity contribution in [3.8, 4) is 11.5 Å². The lowest BCUT2D eigenvalue weighted by atomic mass is 9.72. The summed E-state index contributed by atoms with van der Waals surface area (Å²) in [5.74, 6) is -0.479. The minimum atomic E-state index is -4.58. The first-order chi connectivity index (χ1) is 29.7. The molecule has 4 aromatic carbocycles. The number of hydrogen-bond acceptors (Lipinski definition) is 10. The summed E-state index contributed by atoms with van der Waals surface area (Å²) in [5, 5.41) is 14.0. The van der Waals surface area contributed by atoms with E-state index in [1.54, 1.807) is 48.5 Å². The van der Waals surface area contributed by atoms with Crippen LogP contribution < -0.4 is 19.3 Å². The number of amides is 1. The smallest absolute Gasteiger partial charge is 0.293 e. The Balaban J connectivity index is 1.04. The number of halogens is 2. The highest BCUT2D eigenvalue weighted by Crippen LogP contribution is 2.44. The van der Waals surface area contributed by atoms with Crippen molar-refractivity contribution in [1.82, 2.24) is 14.6 Å². The Morgan fingerprint density at radius 2 is 1.74 bits per heavy atom. The summed E-state index contributed by atoms with van der Waals surface area (Å²) in [6, 6.07) is 22.2. The average molecular weight is 902 g/mol. The van der Waals surface area contributed by atoms with Gasteiger partial charge in [-0.3, -0.25) is 19.8 Å². The average Bonchev–Trinajstić information content (AvgIpc) is 3.65. The molecule has 8 rings (SSSR count). The Morgan fingerprint density at radius 3 is 2.47 bits per heavy atom. The number of nitrogens with one attached hydrogen (secondary N) is 2. The van der Waals surface area contributed by atoms with Gasteiger partial charge in [0, 0.05) is 88.1 Å². The predicted octanol–water partition coefficient (Wildman–Crippen LogP) is 9.69. The Kier molecular flexibility index (Phi) is 12.6. The van der Waals surface area contributed by atoms with E-state index in [-0.39, 0.29) is 34.1 Å². The van der Waals surface area contributed by atoms with E-state index in [0.717, 1.165) is 61.2 Å². The third-order valence-electron chi connectivity index (χ3n) is 12.4. The van der Waals surface area contributed by atoms with Gasteiger partial charge in [-0.2, -0.15) is 0 Å². The SMILES string of the molecule is CN(c1ccc(S(=O)(=O)NC(=O)c2ccc(N3CCN(CC4=C(c5ccc(Cl)cc5)CC(C)(C)CC4)CC3)cc2Oc2cccc3[nH]cc(Cl)c23)cc1[N+](=O)[O-])C1CCOCC1. The van der Waals surface area contributed by atoms with Crippen LogP contribution in [-0.4, -0.2) is 88.2 Å². The van der Waals surface area contributed by atoms with Crippen LogP contribution in [-0.2, 0) is 14.8 Å². The van der Waals surface area contributed by atoms with E-state index in [4.69, 9.17) is 32.7 Å². The molecule has 5 aromatic rings. The monoisotopic (exact) mass is 900 g/mol. The number of nitro benzene ring substituents is 1. The molecule has 0 radical (unpaired) electrons. The van der Waals surface area contributed by atoms with Gasteiger partial charge in [0.1, 0.15) is 17.2 Å². The maximum absolute atomic E-state index is 14.0. The third kappa shape index (κ3) is 9.44. The van der Waals surface area contributed by atoms with Crippen molar-refractivity contribution in [3.05, 3.63) is 122 Å². The number of rotatable bonds is 12. The molecule has 0 spiro atoms. The number of piperazine rings is 1. The van der Waals surface area contributed by atoms with Gasteiger partial charge in [-0.25, -0.2) is 13.1 Å². The number of nitrogens with zero attached hydrogens (tertiary/aromatic N) is 4. The van der Waals surface area contributed by atoms with Gasteiger partial charge in [0.05, 0.1) is 31.3 Å². The van der Waals surface area contributed by atoms with Crippen LogP contribution in [0, 0.1) is 15.5 Å². The molecule has 2 saturated heterocycles. The molecule has 13 nitrogen and oxygen atoms in total. The number of ether oxygens (including phenoxy) is 2. The zero-order valence-corrected chi connectivity index (χ0v) is 37.3. The molecule has 3 heterocycles. The van der Waals surface area contributed by atoms with E-state index < -0.39 is 25.7 Å². The quantitative estimate of drug-likeness (QED) is 0.0916. The number of H-pyrrole nitrogens is 1. The Hall–Kier alpha value is -5.12. The number of aromatic nitrogens is 1. The van der Waals surface area contributed by atoms with Gasteiger partial charge in [-0.1, -0.05) is 60.8 Å². The van der Waals surface area contributed by atoms with Crippen LogP contribution in [0.4, 0.5) is 17.1 Å². The fourth-order valence-electron chi connectivity index (χ4n) is 8.81. The van der Waals surface area contributed by atoms with Crippen molar-refractivity contribution >= 4 is 72.7 Å². The second-order valence-electron chi connectivity index (χ2n) is 17.1. The van der Waals surface area contributed by atoms with Gasteiger partial charge in [-0.15, -0.1) is 0 Å². The van der Waals surface area contributed by atoms with Crippen LogP contribution in [0.15, 0.2) is 95.5 Å². The third-order valence-corrected chi connectivity index (χ3v) is 14.3. The molecule has 0 unspecified atom stereocenters. The molecule has 0 atom stereocenters. The lowest BCUT2D eigenvalue weighted by molar-refractivity contribution is -0.384. The highest BCUT2D eigenvalue weighted by Gasteiger charge is 2.32. The minimum absolute atomic E-state index is 0.0112. The summed E-state index contributed by atoms with van der Waals surface area (Å²) >= 11 is 12.8. The number of hydrogen-bond donors (Lipinski definition) is 2. The topological polar surface area (TPSA) is 150 Å². The summed E-state index contributed by atoms with van der Waals surface area (Å²) in [6.07, 6.45) is 6.18. The maximum atomic E-state index is 14.0. The standard InChI is InChI=1S/C46H50Cl2N6O7S/c1-46(2)18-15-31(37(27-46)30-7-9-32(47)10-8-30)29-52-19-21-53(22-20-52)34-11-13-36(43(25-34)61-42-6-4-5-39-44(42)38(48)28-49-39)45(55)50-62(58,59)35-12-14-40(41(26-35)54(56)57)51(3)33-16-23-60-24-17-33/h4-14,25-26,28,33,49H,15-24,27,29H2,1-3H3,(H,50,55). The van der Waals surface area contributed by atoms with Crippen LogP contribution in [0.2, 0.25) is 10.0 Å². The maximum Gasteiger partial charge on any atom is 0.293 e. The molecule has 0 saturated carbocycles. The zero-order valence-electron chi connectivity index (χ0n) is 35.0. The summed E-state index contributed by atoms with van der Waals surface area (Å²) < 4.78 is 41.6. The van der Waals surface area contributed by atoms with Crippen LogP contribution >= 0.6 is 23.2 Å². The number of fused-ring (bicyclic) bond motifs is 1. The number of carbonyl (C=O) groups is 1. The molecule has 1 aliphatic carbocycles. The van der Waals surface area contributed by atoms with E-state index in [9.17, 15) is 23.3 Å². The first kappa shape index (κ1) is 43.5. The predicted molar refractivity (Wildman–Crippen MR) is 244 cm³/mol. The van der Waals surface area contributed by atoms with Crippen LogP contribution in [0.3, 0.4) is 0 Å². The molecule has 326 valence electrons.